The van der Waals surface area contributed by atoms with Crippen LogP contribution in [0.4, 0.5) is 17.1 Å². The molecule has 0 fully saturated rings. The molecule has 2 aromatic rings. The van der Waals surface area contributed by atoms with Crippen molar-refractivity contribution in [2.75, 3.05) is 16.8 Å². The van der Waals surface area contributed by atoms with E-state index in [-0.39, 0.29) is 6.04 Å². The third-order valence-corrected chi connectivity index (χ3v) is 4.00. The third-order valence-electron chi connectivity index (χ3n) is 3.02. The minimum atomic E-state index is 0.262. The molecule has 1 aromatic heterocycles. The Morgan fingerprint density at radius 3 is 2.39 bits per heavy atom. The maximum absolute atomic E-state index is 5.81. The number of rotatable bonds is 3. The van der Waals surface area contributed by atoms with Crippen LogP contribution in [-0.4, -0.2) is 0 Å². The van der Waals surface area contributed by atoms with Gasteiger partial charge in [-0.2, -0.15) is 0 Å². The molecule has 1 heterocycles. The van der Waals surface area contributed by atoms with Gasteiger partial charge in [0.05, 0.1) is 11.4 Å². The summed E-state index contributed by atoms with van der Waals surface area (Å²) in [7, 11) is 0. The van der Waals surface area contributed by atoms with Gasteiger partial charge in [-0.25, -0.2) is 0 Å². The molecule has 96 valence electrons. The molecule has 1 atom stereocenters. The largest absolute Gasteiger partial charge is 0.397 e. The predicted molar refractivity (Wildman–Crippen MR) is 81.1 cm³/mol. The summed E-state index contributed by atoms with van der Waals surface area (Å²) < 4.78 is 0. The molecule has 0 aliphatic rings. The number of thiophene rings is 1. The normalized spacial score (nSPS) is 12.4. The van der Waals surface area contributed by atoms with Crippen LogP contribution in [0.2, 0.25) is 0 Å². The van der Waals surface area contributed by atoms with Crippen LogP contribution in [0.5, 0.6) is 0 Å². The first-order valence-electron chi connectivity index (χ1n) is 5.96. The molecule has 0 amide bonds. The van der Waals surface area contributed by atoms with Gasteiger partial charge < -0.3 is 16.8 Å². The highest BCUT2D eigenvalue weighted by molar-refractivity contribution is 7.12. The Bertz CT molecular complexity index is 560. The zero-order valence-corrected chi connectivity index (χ0v) is 11.8. The number of nitrogen functional groups attached to an aromatic ring is 2. The molecule has 3 nitrogen and oxygen atoms in total. The van der Waals surface area contributed by atoms with Crippen LogP contribution < -0.4 is 16.8 Å². The van der Waals surface area contributed by atoms with Crippen molar-refractivity contribution in [2.45, 2.75) is 26.8 Å². The van der Waals surface area contributed by atoms with Gasteiger partial charge in [-0.3, -0.25) is 0 Å². The number of hydrogen-bond donors (Lipinski definition) is 3. The van der Waals surface area contributed by atoms with Crippen molar-refractivity contribution < 1.29 is 0 Å². The number of benzene rings is 1. The van der Waals surface area contributed by atoms with Gasteiger partial charge in [0.2, 0.25) is 0 Å². The second kappa shape index (κ2) is 4.90. The molecule has 18 heavy (non-hydrogen) atoms. The molecule has 5 N–H and O–H groups in total. The molecule has 4 heteroatoms. The number of nitrogens with one attached hydrogen (secondary N) is 1. The number of anilines is 3. The first-order valence-corrected chi connectivity index (χ1v) is 6.77. The van der Waals surface area contributed by atoms with Gasteiger partial charge in [-0.15, -0.1) is 11.3 Å². The Morgan fingerprint density at radius 1 is 1.11 bits per heavy atom. The molecular formula is C14H19N3S. The van der Waals surface area contributed by atoms with Crippen LogP contribution in [0.25, 0.3) is 0 Å². The summed E-state index contributed by atoms with van der Waals surface area (Å²) in [4.78, 5) is 2.70. The molecule has 1 unspecified atom stereocenters. The van der Waals surface area contributed by atoms with Gasteiger partial charge in [0, 0.05) is 21.5 Å². The molecule has 0 radical (unpaired) electrons. The highest BCUT2D eigenvalue weighted by Gasteiger charge is 2.11. The van der Waals surface area contributed by atoms with Gasteiger partial charge in [0.15, 0.2) is 0 Å². The second-order valence-electron chi connectivity index (χ2n) is 4.58. The Morgan fingerprint density at radius 2 is 1.83 bits per heavy atom. The van der Waals surface area contributed by atoms with E-state index in [4.69, 9.17) is 11.5 Å². The van der Waals surface area contributed by atoms with Gasteiger partial charge in [-0.05, 0) is 50.6 Å². The summed E-state index contributed by atoms with van der Waals surface area (Å²) in [5, 5.41) is 3.45. The Hall–Kier alpha value is -1.68. The Kier molecular flexibility index (Phi) is 3.48. The van der Waals surface area contributed by atoms with Gasteiger partial charge in [-0.1, -0.05) is 0 Å². The van der Waals surface area contributed by atoms with Crippen LogP contribution in [0.15, 0.2) is 24.3 Å². The Balaban J connectivity index is 2.18. The van der Waals surface area contributed by atoms with Crippen molar-refractivity contribution >= 4 is 28.4 Å². The minimum Gasteiger partial charge on any atom is -0.397 e. The monoisotopic (exact) mass is 261 g/mol. The van der Waals surface area contributed by atoms with Crippen molar-refractivity contribution in [1.82, 2.24) is 0 Å². The zero-order valence-electron chi connectivity index (χ0n) is 10.9. The van der Waals surface area contributed by atoms with Crippen molar-refractivity contribution in [3.05, 3.63) is 39.6 Å². The lowest BCUT2D eigenvalue weighted by molar-refractivity contribution is 0.882. The average Bonchev–Trinajstić information content (AvgIpc) is 2.63. The van der Waals surface area contributed by atoms with E-state index in [1.54, 1.807) is 0 Å². The molecule has 0 saturated heterocycles. The van der Waals surface area contributed by atoms with E-state index in [1.807, 2.05) is 29.5 Å². The fourth-order valence-corrected chi connectivity index (χ4v) is 3.10. The van der Waals surface area contributed by atoms with Crippen molar-refractivity contribution in [3.63, 3.8) is 0 Å². The van der Waals surface area contributed by atoms with E-state index in [1.165, 1.54) is 15.3 Å². The first-order chi connectivity index (χ1) is 8.47. The molecule has 0 aliphatic heterocycles. The standard InChI is InChI=1S/C14H19N3S/c1-8-6-12(10(3)18-8)9(2)17-11-4-5-13(15)14(16)7-11/h4-7,9,17H,15-16H2,1-3H3. The molecule has 2 rings (SSSR count). The highest BCUT2D eigenvalue weighted by atomic mass is 32.1. The van der Waals surface area contributed by atoms with Crippen LogP contribution in [0, 0.1) is 13.8 Å². The summed E-state index contributed by atoms with van der Waals surface area (Å²) in [6.07, 6.45) is 0. The molecule has 0 saturated carbocycles. The lowest BCUT2D eigenvalue weighted by atomic mass is 10.1. The van der Waals surface area contributed by atoms with Crippen molar-refractivity contribution in [2.24, 2.45) is 0 Å². The van der Waals surface area contributed by atoms with Crippen molar-refractivity contribution in [1.29, 1.82) is 0 Å². The fourth-order valence-electron chi connectivity index (χ4n) is 2.07. The maximum Gasteiger partial charge on any atom is 0.0568 e. The summed E-state index contributed by atoms with van der Waals surface area (Å²) >= 11 is 1.83. The molecule has 0 spiro atoms. The van der Waals surface area contributed by atoms with Gasteiger partial charge in [0.25, 0.3) is 0 Å². The van der Waals surface area contributed by atoms with Crippen LogP contribution in [-0.2, 0) is 0 Å². The van der Waals surface area contributed by atoms with E-state index in [0.717, 1.165) is 5.69 Å². The number of aryl methyl sites for hydroxylation is 2. The summed E-state index contributed by atoms with van der Waals surface area (Å²) in [6.45, 7) is 6.44. The van der Waals surface area contributed by atoms with Gasteiger partial charge in [0.1, 0.15) is 0 Å². The molecular weight excluding hydrogens is 242 g/mol. The summed E-state index contributed by atoms with van der Waals surface area (Å²) in [5.74, 6) is 0. The maximum atomic E-state index is 5.81. The van der Waals surface area contributed by atoms with E-state index < -0.39 is 0 Å². The SMILES string of the molecule is Cc1cc(C(C)Nc2ccc(N)c(N)c2)c(C)s1. The topological polar surface area (TPSA) is 64.1 Å². The fraction of sp³-hybridized carbons (Fsp3) is 0.286. The summed E-state index contributed by atoms with van der Waals surface area (Å²) in [5.41, 5.74) is 15.1. The summed E-state index contributed by atoms with van der Waals surface area (Å²) in [6, 6.07) is 8.16. The van der Waals surface area contributed by atoms with Crippen LogP contribution >= 0.6 is 11.3 Å². The van der Waals surface area contributed by atoms with E-state index in [2.05, 4.69) is 32.2 Å². The molecule has 0 aliphatic carbocycles. The van der Waals surface area contributed by atoms with E-state index in [9.17, 15) is 0 Å². The Labute approximate surface area is 112 Å². The highest BCUT2D eigenvalue weighted by Crippen LogP contribution is 2.29. The second-order valence-corrected chi connectivity index (χ2v) is 6.04. The van der Waals surface area contributed by atoms with E-state index >= 15 is 0 Å². The van der Waals surface area contributed by atoms with Crippen LogP contribution in [0.1, 0.15) is 28.3 Å². The first kappa shape index (κ1) is 12.8. The smallest absolute Gasteiger partial charge is 0.0568 e. The number of hydrogen-bond acceptors (Lipinski definition) is 4. The molecule has 1 aromatic carbocycles. The third kappa shape index (κ3) is 2.59. The zero-order chi connectivity index (χ0) is 13.3. The lowest BCUT2D eigenvalue weighted by Gasteiger charge is -2.16. The van der Waals surface area contributed by atoms with Crippen LogP contribution in [0.3, 0.4) is 0 Å². The molecule has 0 bridgehead atoms. The lowest BCUT2D eigenvalue weighted by Crippen LogP contribution is -2.07. The van der Waals surface area contributed by atoms with E-state index in [0.29, 0.717) is 11.4 Å². The minimum absolute atomic E-state index is 0.262. The van der Waals surface area contributed by atoms with Gasteiger partial charge >= 0.3 is 0 Å². The number of nitrogens with two attached hydrogens (primary N) is 2. The predicted octanol–water partition coefficient (Wildman–Crippen LogP) is 3.70. The average molecular weight is 261 g/mol. The quantitative estimate of drug-likeness (QED) is 0.738. The van der Waals surface area contributed by atoms with Crippen molar-refractivity contribution in [3.8, 4) is 0 Å².